The van der Waals surface area contributed by atoms with E-state index in [1.165, 1.54) is 12.1 Å². The molecule has 1 aliphatic rings. The topological polar surface area (TPSA) is 105 Å². The van der Waals surface area contributed by atoms with Crippen molar-refractivity contribution in [1.82, 2.24) is 14.9 Å². The van der Waals surface area contributed by atoms with E-state index >= 15 is 0 Å². The van der Waals surface area contributed by atoms with E-state index in [0.717, 1.165) is 38.8 Å². The van der Waals surface area contributed by atoms with Crippen LogP contribution in [-0.2, 0) is 10.0 Å². The first-order valence-electron chi connectivity index (χ1n) is 7.58. The predicted octanol–water partition coefficient (Wildman–Crippen LogP) is 1.32. The Hall–Kier alpha value is -0.970. The highest BCUT2D eigenvalue weighted by Gasteiger charge is 2.19. The molecule has 1 aromatic carbocycles. The zero-order valence-electron chi connectivity index (χ0n) is 13.9. The van der Waals surface area contributed by atoms with Gasteiger partial charge in [-0.2, -0.15) is 0 Å². The van der Waals surface area contributed by atoms with Crippen molar-refractivity contribution in [2.45, 2.75) is 18.2 Å². The highest BCUT2D eigenvalue weighted by atomic mass is 35.5. The van der Waals surface area contributed by atoms with Gasteiger partial charge in [0.1, 0.15) is 0 Å². The van der Waals surface area contributed by atoms with E-state index in [4.69, 9.17) is 0 Å². The lowest BCUT2D eigenvalue weighted by Crippen LogP contribution is -2.44. The maximum absolute atomic E-state index is 12.2. The summed E-state index contributed by atoms with van der Waals surface area (Å²) in [6, 6.07) is 3.95. The fraction of sp³-hybridized carbons (Fsp3) is 0.571. The molecule has 0 radical (unpaired) electrons. The van der Waals surface area contributed by atoms with Crippen LogP contribution in [0.15, 0.2) is 23.1 Å². The Labute approximate surface area is 160 Å². The number of nitrogens with one attached hydrogen (secondary N) is 2. The summed E-state index contributed by atoms with van der Waals surface area (Å²) in [6.45, 7) is 6.58. The van der Waals surface area contributed by atoms with Gasteiger partial charge < -0.3 is 10.2 Å². The standard InChI is InChI=1S/C14H22N4O4S.2ClH/c1-12-3-4-13(11-14(12)18(19)20)23(21,22)16-5-2-8-17-9-6-15-7-10-17;;/h3-4,11,15-16H,2,5-10H2,1H3;2*1H. The van der Waals surface area contributed by atoms with Crippen LogP contribution in [0.5, 0.6) is 0 Å². The summed E-state index contributed by atoms with van der Waals surface area (Å²) in [4.78, 5) is 12.6. The maximum Gasteiger partial charge on any atom is 0.273 e. The molecule has 0 atom stereocenters. The van der Waals surface area contributed by atoms with Gasteiger partial charge in [-0.1, -0.05) is 6.07 Å². The fourth-order valence-corrected chi connectivity index (χ4v) is 3.57. The lowest BCUT2D eigenvalue weighted by atomic mass is 10.2. The monoisotopic (exact) mass is 414 g/mol. The van der Waals surface area contributed by atoms with Gasteiger partial charge in [-0.15, -0.1) is 24.8 Å². The van der Waals surface area contributed by atoms with Crippen molar-refractivity contribution >= 4 is 40.5 Å². The highest BCUT2D eigenvalue weighted by molar-refractivity contribution is 7.89. The van der Waals surface area contributed by atoms with Gasteiger partial charge in [-0.05, 0) is 26.0 Å². The molecule has 0 amide bonds. The average molecular weight is 415 g/mol. The van der Waals surface area contributed by atoms with Crippen LogP contribution in [0.25, 0.3) is 0 Å². The van der Waals surface area contributed by atoms with E-state index in [1.54, 1.807) is 6.92 Å². The van der Waals surface area contributed by atoms with Crippen molar-refractivity contribution in [1.29, 1.82) is 0 Å². The third kappa shape index (κ3) is 7.04. The molecule has 0 bridgehead atoms. The molecule has 144 valence electrons. The summed E-state index contributed by atoms with van der Waals surface area (Å²) < 4.78 is 26.9. The number of hydrogen-bond acceptors (Lipinski definition) is 6. The van der Waals surface area contributed by atoms with E-state index in [1.807, 2.05) is 0 Å². The van der Waals surface area contributed by atoms with Crippen molar-refractivity contribution in [2.24, 2.45) is 0 Å². The van der Waals surface area contributed by atoms with Gasteiger partial charge in [0.15, 0.2) is 0 Å². The largest absolute Gasteiger partial charge is 0.314 e. The third-order valence-electron chi connectivity index (χ3n) is 3.84. The molecule has 2 N–H and O–H groups in total. The van der Waals surface area contributed by atoms with E-state index in [0.29, 0.717) is 18.5 Å². The number of sulfonamides is 1. The molecule has 0 aromatic heterocycles. The number of hydrogen-bond donors (Lipinski definition) is 2. The second-order valence-corrected chi connectivity index (χ2v) is 7.32. The summed E-state index contributed by atoms with van der Waals surface area (Å²) >= 11 is 0. The van der Waals surface area contributed by atoms with E-state index in [9.17, 15) is 18.5 Å². The molecular weight excluding hydrogens is 391 g/mol. The number of nitro groups is 1. The molecule has 1 heterocycles. The van der Waals surface area contributed by atoms with Crippen LogP contribution in [0.3, 0.4) is 0 Å². The fourth-order valence-electron chi connectivity index (χ4n) is 2.48. The number of rotatable bonds is 7. The summed E-state index contributed by atoms with van der Waals surface area (Å²) in [7, 11) is -3.72. The van der Waals surface area contributed by atoms with Crippen molar-refractivity contribution in [3.05, 3.63) is 33.9 Å². The minimum atomic E-state index is -3.72. The van der Waals surface area contributed by atoms with Crippen LogP contribution in [0.4, 0.5) is 5.69 Å². The Morgan fingerprint density at radius 1 is 1.28 bits per heavy atom. The second kappa shape index (κ2) is 10.9. The van der Waals surface area contributed by atoms with E-state index < -0.39 is 14.9 Å². The van der Waals surface area contributed by atoms with Crippen LogP contribution >= 0.6 is 24.8 Å². The van der Waals surface area contributed by atoms with Crippen molar-refractivity contribution in [2.75, 3.05) is 39.3 Å². The summed E-state index contributed by atoms with van der Waals surface area (Å²) in [6.07, 6.45) is 0.702. The van der Waals surface area contributed by atoms with Gasteiger partial charge in [-0.3, -0.25) is 10.1 Å². The van der Waals surface area contributed by atoms with Crippen LogP contribution in [-0.4, -0.2) is 57.5 Å². The number of halogens is 2. The Kier molecular flexibility index (Phi) is 10.5. The van der Waals surface area contributed by atoms with Gasteiger partial charge in [0.2, 0.25) is 10.0 Å². The number of aryl methyl sites for hydroxylation is 1. The molecule has 0 saturated carbocycles. The Bertz CT molecular complexity index is 667. The van der Waals surface area contributed by atoms with Crippen molar-refractivity contribution in [3.63, 3.8) is 0 Å². The first kappa shape index (κ1) is 24.0. The van der Waals surface area contributed by atoms with Crippen LogP contribution in [0.2, 0.25) is 0 Å². The number of nitrogens with zero attached hydrogens (tertiary/aromatic N) is 2. The molecule has 8 nitrogen and oxygen atoms in total. The lowest BCUT2D eigenvalue weighted by Gasteiger charge is -2.27. The molecule has 11 heteroatoms. The number of nitro benzene ring substituents is 1. The third-order valence-corrected chi connectivity index (χ3v) is 5.30. The Balaban J connectivity index is 0.00000288. The van der Waals surface area contributed by atoms with Crippen molar-refractivity contribution < 1.29 is 13.3 Å². The summed E-state index contributed by atoms with van der Waals surface area (Å²) in [5, 5.41) is 14.2. The first-order chi connectivity index (χ1) is 10.9. The molecule has 0 aliphatic carbocycles. The number of benzene rings is 1. The van der Waals surface area contributed by atoms with Crippen LogP contribution in [0, 0.1) is 17.0 Å². The highest BCUT2D eigenvalue weighted by Crippen LogP contribution is 2.21. The van der Waals surface area contributed by atoms with Gasteiger partial charge in [0, 0.05) is 44.4 Å². The first-order valence-corrected chi connectivity index (χ1v) is 9.06. The van der Waals surface area contributed by atoms with E-state index in [-0.39, 0.29) is 35.4 Å². The summed E-state index contributed by atoms with van der Waals surface area (Å²) in [5.41, 5.74) is 0.251. The van der Waals surface area contributed by atoms with Crippen LogP contribution in [0.1, 0.15) is 12.0 Å². The molecule has 1 saturated heterocycles. The van der Waals surface area contributed by atoms with Crippen molar-refractivity contribution in [3.8, 4) is 0 Å². The molecule has 0 spiro atoms. The quantitative estimate of drug-likeness (QED) is 0.396. The van der Waals surface area contributed by atoms with E-state index in [2.05, 4.69) is 14.9 Å². The van der Waals surface area contributed by atoms with Gasteiger partial charge in [0.25, 0.3) is 5.69 Å². The number of piperazine rings is 1. The average Bonchev–Trinajstić information content (AvgIpc) is 2.52. The summed E-state index contributed by atoms with van der Waals surface area (Å²) in [5.74, 6) is 0. The van der Waals surface area contributed by atoms with Gasteiger partial charge in [0.05, 0.1) is 9.82 Å². The molecule has 1 aromatic rings. The normalized spacial score (nSPS) is 15.1. The smallest absolute Gasteiger partial charge is 0.273 e. The molecule has 0 unspecified atom stereocenters. The minimum absolute atomic E-state index is 0. The SMILES string of the molecule is Cc1ccc(S(=O)(=O)NCCCN2CCNCC2)cc1[N+](=O)[O-].Cl.Cl. The van der Waals surface area contributed by atoms with Crippen LogP contribution < -0.4 is 10.0 Å². The molecule has 25 heavy (non-hydrogen) atoms. The van der Waals surface area contributed by atoms with Gasteiger partial charge >= 0.3 is 0 Å². The Morgan fingerprint density at radius 3 is 2.52 bits per heavy atom. The minimum Gasteiger partial charge on any atom is -0.314 e. The Morgan fingerprint density at radius 2 is 1.92 bits per heavy atom. The zero-order chi connectivity index (χ0) is 16.9. The lowest BCUT2D eigenvalue weighted by molar-refractivity contribution is -0.385. The second-order valence-electron chi connectivity index (χ2n) is 5.55. The van der Waals surface area contributed by atoms with Gasteiger partial charge in [-0.25, -0.2) is 13.1 Å². The molecular formula is C14H24Cl2N4O4S. The zero-order valence-corrected chi connectivity index (χ0v) is 16.4. The molecule has 2 rings (SSSR count). The molecule has 1 fully saturated rings. The predicted molar refractivity (Wildman–Crippen MR) is 101 cm³/mol. The molecule has 1 aliphatic heterocycles. The maximum atomic E-state index is 12.2.